The minimum absolute atomic E-state index is 0.156. The minimum Gasteiger partial charge on any atom is -0.497 e. The summed E-state index contributed by atoms with van der Waals surface area (Å²) in [6.07, 6.45) is 1.54. The fourth-order valence-electron chi connectivity index (χ4n) is 3.66. The molecule has 2 aromatic carbocycles. The van der Waals surface area contributed by atoms with E-state index in [9.17, 15) is 5.11 Å². The van der Waals surface area contributed by atoms with Crippen molar-refractivity contribution < 1.29 is 14.6 Å². The number of ether oxygens (including phenoxy) is 2. The zero-order valence-corrected chi connectivity index (χ0v) is 16.6. The highest BCUT2D eigenvalue weighted by Crippen LogP contribution is 2.37. The van der Waals surface area contributed by atoms with Crippen LogP contribution >= 0.6 is 0 Å². The van der Waals surface area contributed by atoms with Gasteiger partial charge in [0.15, 0.2) is 0 Å². The first-order chi connectivity index (χ1) is 12.9. The second-order valence-corrected chi connectivity index (χ2v) is 8.12. The van der Waals surface area contributed by atoms with Gasteiger partial charge in [0.05, 0.1) is 19.3 Å². The van der Waals surface area contributed by atoms with Gasteiger partial charge in [-0.15, -0.1) is 0 Å². The standard InChI is InChI=1S/C23H31NO3/c1-22(2,23(25)12-13-27-17-23)16-24-21(19-9-5-4-6-10-19)15-18-8-7-11-20(14-18)26-3/h4-11,14,21,24-25H,12-13,15-17H2,1-3H3. The Bertz CT molecular complexity index is 723. The highest BCUT2D eigenvalue weighted by Gasteiger charge is 2.46. The van der Waals surface area contributed by atoms with E-state index in [-0.39, 0.29) is 11.5 Å². The summed E-state index contributed by atoms with van der Waals surface area (Å²) in [6, 6.07) is 18.8. The molecule has 1 fully saturated rings. The monoisotopic (exact) mass is 369 g/mol. The van der Waals surface area contributed by atoms with Crippen LogP contribution in [0.2, 0.25) is 0 Å². The molecule has 4 heteroatoms. The highest BCUT2D eigenvalue weighted by atomic mass is 16.5. The van der Waals surface area contributed by atoms with E-state index in [2.05, 4.69) is 55.6 Å². The molecule has 0 aliphatic carbocycles. The van der Waals surface area contributed by atoms with Gasteiger partial charge in [-0.3, -0.25) is 0 Å². The maximum atomic E-state index is 11.0. The number of hydrogen-bond donors (Lipinski definition) is 2. The second kappa shape index (κ2) is 8.42. The molecule has 27 heavy (non-hydrogen) atoms. The quantitative estimate of drug-likeness (QED) is 0.744. The number of hydrogen-bond acceptors (Lipinski definition) is 4. The Hall–Kier alpha value is -1.88. The smallest absolute Gasteiger partial charge is 0.119 e. The zero-order chi connectivity index (χ0) is 19.3. The van der Waals surface area contributed by atoms with Crippen molar-refractivity contribution >= 4 is 0 Å². The van der Waals surface area contributed by atoms with E-state index < -0.39 is 5.60 Å². The molecule has 0 radical (unpaired) electrons. The molecule has 4 nitrogen and oxygen atoms in total. The van der Waals surface area contributed by atoms with Crippen molar-refractivity contribution in [1.29, 1.82) is 0 Å². The third-order valence-corrected chi connectivity index (χ3v) is 5.83. The zero-order valence-electron chi connectivity index (χ0n) is 16.6. The SMILES string of the molecule is COc1cccc(CC(NCC(C)(C)C2(O)CCOC2)c2ccccc2)c1. The summed E-state index contributed by atoms with van der Waals surface area (Å²) >= 11 is 0. The molecule has 1 heterocycles. The Morgan fingerprint density at radius 2 is 1.96 bits per heavy atom. The van der Waals surface area contributed by atoms with Gasteiger partial charge in [-0.05, 0) is 29.7 Å². The molecule has 2 unspecified atom stereocenters. The Labute approximate surface area is 162 Å². The lowest BCUT2D eigenvalue weighted by molar-refractivity contribution is -0.0693. The van der Waals surface area contributed by atoms with Crippen molar-refractivity contribution in [3.63, 3.8) is 0 Å². The van der Waals surface area contributed by atoms with E-state index in [4.69, 9.17) is 9.47 Å². The van der Waals surface area contributed by atoms with Gasteiger partial charge in [0.25, 0.3) is 0 Å². The average Bonchev–Trinajstić information content (AvgIpc) is 3.14. The Morgan fingerprint density at radius 1 is 1.19 bits per heavy atom. The van der Waals surface area contributed by atoms with E-state index in [1.165, 1.54) is 11.1 Å². The van der Waals surface area contributed by atoms with Crippen molar-refractivity contribution in [2.75, 3.05) is 26.9 Å². The summed E-state index contributed by atoms with van der Waals surface area (Å²) in [5, 5.41) is 14.7. The topological polar surface area (TPSA) is 50.7 Å². The molecule has 1 aliphatic rings. The van der Waals surface area contributed by atoms with Crippen molar-refractivity contribution in [2.45, 2.75) is 38.3 Å². The lowest BCUT2D eigenvalue weighted by atomic mass is 9.74. The summed E-state index contributed by atoms with van der Waals surface area (Å²) in [5.41, 5.74) is 1.39. The van der Waals surface area contributed by atoms with E-state index in [1.807, 2.05) is 18.2 Å². The van der Waals surface area contributed by atoms with Crippen LogP contribution in [0, 0.1) is 5.41 Å². The minimum atomic E-state index is -0.781. The van der Waals surface area contributed by atoms with Gasteiger partial charge < -0.3 is 19.9 Å². The Kier molecular flexibility index (Phi) is 6.20. The number of rotatable bonds is 8. The molecule has 0 bridgehead atoms. The van der Waals surface area contributed by atoms with Crippen molar-refractivity contribution in [1.82, 2.24) is 5.32 Å². The maximum absolute atomic E-state index is 11.0. The molecule has 0 spiro atoms. The predicted molar refractivity (Wildman–Crippen MR) is 108 cm³/mol. The second-order valence-electron chi connectivity index (χ2n) is 8.12. The lowest BCUT2D eigenvalue weighted by Crippen LogP contribution is -2.51. The van der Waals surface area contributed by atoms with Crippen LogP contribution in [-0.4, -0.2) is 37.6 Å². The van der Waals surface area contributed by atoms with Crippen LogP contribution in [0.5, 0.6) is 5.75 Å². The molecule has 146 valence electrons. The maximum Gasteiger partial charge on any atom is 0.119 e. The number of nitrogens with one attached hydrogen (secondary N) is 1. The van der Waals surface area contributed by atoms with Gasteiger partial charge in [0.1, 0.15) is 5.75 Å². The fourth-order valence-corrected chi connectivity index (χ4v) is 3.66. The summed E-state index contributed by atoms with van der Waals surface area (Å²) in [6.45, 7) is 5.97. The average molecular weight is 370 g/mol. The van der Waals surface area contributed by atoms with Crippen LogP contribution in [0.3, 0.4) is 0 Å². The molecule has 2 N–H and O–H groups in total. The normalized spacial score (nSPS) is 21.2. The molecular formula is C23H31NO3. The van der Waals surface area contributed by atoms with Crippen LogP contribution in [0.1, 0.15) is 37.4 Å². The van der Waals surface area contributed by atoms with Crippen LogP contribution in [0.25, 0.3) is 0 Å². The van der Waals surface area contributed by atoms with Gasteiger partial charge >= 0.3 is 0 Å². The fraction of sp³-hybridized carbons (Fsp3) is 0.478. The third kappa shape index (κ3) is 4.70. The van der Waals surface area contributed by atoms with E-state index in [0.717, 1.165) is 12.2 Å². The first-order valence-corrected chi connectivity index (χ1v) is 9.65. The Morgan fingerprint density at radius 3 is 2.63 bits per heavy atom. The molecule has 3 rings (SSSR count). The molecule has 0 aromatic heterocycles. The number of benzene rings is 2. The summed E-state index contributed by atoms with van der Waals surface area (Å²) in [4.78, 5) is 0. The molecular weight excluding hydrogens is 338 g/mol. The van der Waals surface area contributed by atoms with Crippen LogP contribution in [-0.2, 0) is 11.2 Å². The van der Waals surface area contributed by atoms with Crippen LogP contribution < -0.4 is 10.1 Å². The molecule has 2 aromatic rings. The van der Waals surface area contributed by atoms with E-state index >= 15 is 0 Å². The Balaban J connectivity index is 1.76. The largest absolute Gasteiger partial charge is 0.497 e. The lowest BCUT2D eigenvalue weighted by Gasteiger charge is -2.40. The first-order valence-electron chi connectivity index (χ1n) is 9.65. The van der Waals surface area contributed by atoms with Gasteiger partial charge in [0.2, 0.25) is 0 Å². The van der Waals surface area contributed by atoms with E-state index in [1.54, 1.807) is 7.11 Å². The number of aliphatic hydroxyl groups is 1. The molecule has 1 saturated heterocycles. The van der Waals surface area contributed by atoms with Crippen molar-refractivity contribution in [3.8, 4) is 5.75 Å². The van der Waals surface area contributed by atoms with Gasteiger partial charge in [0, 0.05) is 31.0 Å². The number of methoxy groups -OCH3 is 1. The molecule has 0 amide bonds. The highest BCUT2D eigenvalue weighted by molar-refractivity contribution is 5.30. The molecule has 1 aliphatic heterocycles. The van der Waals surface area contributed by atoms with Crippen LogP contribution in [0.4, 0.5) is 0 Å². The van der Waals surface area contributed by atoms with Gasteiger partial charge in [-0.25, -0.2) is 0 Å². The van der Waals surface area contributed by atoms with Gasteiger partial charge in [-0.1, -0.05) is 56.3 Å². The van der Waals surface area contributed by atoms with Gasteiger partial charge in [-0.2, -0.15) is 0 Å². The molecule has 0 saturated carbocycles. The summed E-state index contributed by atoms with van der Waals surface area (Å²) in [7, 11) is 1.69. The van der Waals surface area contributed by atoms with E-state index in [0.29, 0.717) is 26.2 Å². The summed E-state index contributed by atoms with van der Waals surface area (Å²) < 4.78 is 10.8. The predicted octanol–water partition coefficient (Wildman–Crippen LogP) is 3.75. The molecule has 2 atom stereocenters. The van der Waals surface area contributed by atoms with Crippen LogP contribution in [0.15, 0.2) is 54.6 Å². The third-order valence-electron chi connectivity index (χ3n) is 5.83. The first kappa shape index (κ1) is 19.9. The van der Waals surface area contributed by atoms with Crippen molar-refractivity contribution in [2.24, 2.45) is 5.41 Å². The van der Waals surface area contributed by atoms with Crippen molar-refractivity contribution in [3.05, 3.63) is 65.7 Å². The summed E-state index contributed by atoms with van der Waals surface area (Å²) in [5.74, 6) is 0.872.